The summed E-state index contributed by atoms with van der Waals surface area (Å²) in [6, 6.07) is 21.8. The van der Waals surface area contributed by atoms with Crippen LogP contribution in [0.4, 0.5) is 45.5 Å². The molecule has 3 amide bonds. The number of carbonyl (C=O) groups is 3. The molecule has 4 aromatic carbocycles. The number of carbonyl (C=O) groups excluding carboxylic acids is 3. The van der Waals surface area contributed by atoms with Gasteiger partial charge in [-0.15, -0.1) is 0 Å². The molecule has 0 spiro atoms. The summed E-state index contributed by atoms with van der Waals surface area (Å²) < 4.78 is 68.8. The molecule has 21 heteroatoms. The lowest BCUT2D eigenvalue weighted by atomic mass is 9.95. The fourth-order valence-corrected chi connectivity index (χ4v) is 10.2. The van der Waals surface area contributed by atoms with E-state index in [0.717, 1.165) is 18.5 Å². The van der Waals surface area contributed by atoms with Crippen LogP contribution in [0.1, 0.15) is 89.0 Å². The van der Waals surface area contributed by atoms with Crippen LogP contribution in [-0.2, 0) is 43.3 Å². The molecule has 0 aliphatic rings. The summed E-state index contributed by atoms with van der Waals surface area (Å²) in [5.41, 5.74) is 9.52. The van der Waals surface area contributed by atoms with Crippen molar-refractivity contribution in [2.75, 3.05) is 68.1 Å². The van der Waals surface area contributed by atoms with Gasteiger partial charge in [-0.2, -0.15) is 0 Å². The van der Waals surface area contributed by atoms with Crippen LogP contribution in [-0.4, -0.2) is 77.5 Å². The Morgan fingerprint density at radius 3 is 1.24 bits per heavy atom. The van der Waals surface area contributed by atoms with Crippen LogP contribution in [0.25, 0.3) is 0 Å². The van der Waals surface area contributed by atoms with Crippen LogP contribution in [0.15, 0.2) is 94.7 Å². The first-order valence-corrected chi connectivity index (χ1v) is 32.7. The minimum Gasteiger partial charge on any atom is -0.417 e. The van der Waals surface area contributed by atoms with Gasteiger partial charge in [-0.25, -0.2) is 16.8 Å². The van der Waals surface area contributed by atoms with Gasteiger partial charge >= 0.3 is 0 Å². The summed E-state index contributed by atoms with van der Waals surface area (Å²) in [5, 5.41) is 15.1. The molecule has 0 aliphatic heterocycles. The minimum absolute atomic E-state index is 0.0424. The van der Waals surface area contributed by atoms with Gasteiger partial charge in [0.2, 0.25) is 17.7 Å². The second-order valence-electron chi connectivity index (χ2n) is 21.7. The third-order valence-electron chi connectivity index (χ3n) is 12.3. The Morgan fingerprint density at radius 1 is 0.514 bits per heavy atom. The summed E-state index contributed by atoms with van der Waals surface area (Å²) in [5.74, 6) is -0.665. The number of anilines is 8. The Hall–Kier alpha value is -5.46. The van der Waals surface area contributed by atoms with E-state index in [1.807, 2.05) is 20.8 Å². The highest BCUT2D eigenvalue weighted by Crippen LogP contribution is 2.38. The van der Waals surface area contributed by atoms with Gasteiger partial charge in [-0.1, -0.05) is 62.3 Å². The zero-order valence-corrected chi connectivity index (χ0v) is 48.5. The van der Waals surface area contributed by atoms with E-state index in [0.29, 0.717) is 66.1 Å². The Bertz CT molecular complexity index is 2700. The Morgan fingerprint density at radius 2 is 0.875 bits per heavy atom. The van der Waals surface area contributed by atoms with E-state index in [1.54, 1.807) is 36.4 Å². The fraction of sp³-hybridized carbons (Fsp3) is 0.471. The SMILES string of the molecule is CC(=O)Nc1ccc(S(=O)(=O)Nc2ccc(NCCCO[Si](C)(C)C(C)(C)C)c(N)c2)cc1.CC(=O)Nc1ccc(S(=O)(=O)Nc2ccc(NCCCO[Si](C)(C)C(C)(C)C)c(NC(=O)C(C)(C)C)c2)cc1. The summed E-state index contributed by atoms with van der Waals surface area (Å²) >= 11 is 0. The van der Waals surface area contributed by atoms with Crippen LogP contribution in [0.3, 0.4) is 0 Å². The number of hydrogen-bond acceptors (Lipinski definition) is 12. The van der Waals surface area contributed by atoms with E-state index in [2.05, 4.69) is 104 Å². The summed E-state index contributed by atoms with van der Waals surface area (Å²) in [7, 11) is -11.3. The van der Waals surface area contributed by atoms with Crippen LogP contribution < -0.4 is 41.8 Å². The van der Waals surface area contributed by atoms with Crippen molar-refractivity contribution in [3.63, 3.8) is 0 Å². The van der Waals surface area contributed by atoms with Gasteiger partial charge < -0.3 is 41.2 Å². The predicted octanol–water partition coefficient (Wildman–Crippen LogP) is 11.1. The average molecular weight is 1070 g/mol. The lowest BCUT2D eigenvalue weighted by molar-refractivity contribution is -0.123. The zero-order chi connectivity index (χ0) is 54.5. The maximum absolute atomic E-state index is 13.0. The van der Waals surface area contributed by atoms with Crippen molar-refractivity contribution < 1.29 is 40.1 Å². The van der Waals surface area contributed by atoms with Gasteiger partial charge in [0.15, 0.2) is 16.6 Å². The minimum atomic E-state index is -3.90. The normalized spacial score (nSPS) is 12.4. The van der Waals surface area contributed by atoms with Crippen molar-refractivity contribution in [1.29, 1.82) is 0 Å². The number of amides is 3. The van der Waals surface area contributed by atoms with Gasteiger partial charge in [0.05, 0.1) is 43.9 Å². The van der Waals surface area contributed by atoms with Crippen molar-refractivity contribution in [2.24, 2.45) is 5.41 Å². The second kappa shape index (κ2) is 25.0. The number of rotatable bonds is 21. The average Bonchev–Trinajstić information content (AvgIpc) is 3.23. The highest BCUT2D eigenvalue weighted by atomic mass is 32.2. The molecule has 0 fully saturated rings. The highest BCUT2D eigenvalue weighted by molar-refractivity contribution is 7.93. The van der Waals surface area contributed by atoms with Gasteiger partial charge in [-0.05, 0) is 134 Å². The van der Waals surface area contributed by atoms with Gasteiger partial charge in [0.1, 0.15) is 0 Å². The maximum atomic E-state index is 13.0. The summed E-state index contributed by atoms with van der Waals surface area (Å²) in [6.07, 6.45) is 1.62. The first-order valence-electron chi connectivity index (χ1n) is 23.9. The molecule has 17 nitrogen and oxygen atoms in total. The van der Waals surface area contributed by atoms with Crippen molar-refractivity contribution >= 4 is 99.9 Å². The zero-order valence-electron chi connectivity index (χ0n) is 44.9. The lowest BCUT2D eigenvalue weighted by Gasteiger charge is -2.36. The molecule has 4 rings (SSSR count). The van der Waals surface area contributed by atoms with E-state index in [1.165, 1.54) is 62.4 Å². The van der Waals surface area contributed by atoms with Crippen molar-refractivity contribution in [3.05, 3.63) is 84.9 Å². The third kappa shape index (κ3) is 19.2. The molecule has 0 atom stereocenters. The van der Waals surface area contributed by atoms with Gasteiger partial charge in [0.25, 0.3) is 20.0 Å². The number of nitrogens with two attached hydrogens (primary N) is 1. The van der Waals surface area contributed by atoms with E-state index < -0.39 is 42.1 Å². The van der Waals surface area contributed by atoms with Crippen molar-refractivity contribution in [1.82, 2.24) is 0 Å². The molecule has 0 unspecified atom stereocenters. The Balaban J connectivity index is 0.000000386. The number of hydrogen-bond donors (Lipinski definition) is 8. The molecule has 0 saturated heterocycles. The molecule has 398 valence electrons. The lowest BCUT2D eigenvalue weighted by Crippen LogP contribution is -2.41. The van der Waals surface area contributed by atoms with Crippen LogP contribution >= 0.6 is 0 Å². The van der Waals surface area contributed by atoms with Crippen molar-refractivity contribution in [3.8, 4) is 0 Å². The standard InChI is InChI=1S/C28H44N4O5SSi.C23H36N4O4SSi/c1-20(33)30-21-11-14-23(15-12-21)38(35,36)32-22-13-16-24(25(19-22)31-26(34)27(2,3)4)29-17-10-18-37-39(8,9)28(5,6)7;1-17(28)26-18-8-11-20(12-9-18)32(29,30)27-19-10-13-22(21(24)16-19)25-14-7-15-31-33(5,6)23(2,3)4/h11-16,19,29,32H,10,17-18H2,1-9H3,(H,30,33)(H,31,34);8-13,16,25,27H,7,14-15,24H2,1-6H3,(H,26,28). The van der Waals surface area contributed by atoms with Gasteiger partial charge in [0, 0.05) is 56.9 Å². The third-order valence-corrected chi connectivity index (χ3v) is 24.2. The molecular weight excluding hydrogens is 989 g/mol. The van der Waals surface area contributed by atoms with Crippen LogP contribution in [0.2, 0.25) is 36.3 Å². The topological polar surface area (TPSA) is 248 Å². The first-order chi connectivity index (χ1) is 33.0. The largest absolute Gasteiger partial charge is 0.417 e. The smallest absolute Gasteiger partial charge is 0.261 e. The molecule has 0 heterocycles. The molecule has 0 aliphatic carbocycles. The molecule has 4 aromatic rings. The quantitative estimate of drug-likeness (QED) is 0.0221. The van der Waals surface area contributed by atoms with Crippen LogP contribution in [0, 0.1) is 5.41 Å². The number of benzene rings is 4. The second-order valence-corrected chi connectivity index (χ2v) is 34.7. The molecule has 0 aromatic heterocycles. The molecule has 0 bridgehead atoms. The van der Waals surface area contributed by atoms with Crippen molar-refractivity contribution in [2.45, 2.75) is 135 Å². The Labute approximate surface area is 431 Å². The summed E-state index contributed by atoms with van der Waals surface area (Å²) in [4.78, 5) is 35.2. The highest BCUT2D eigenvalue weighted by Gasteiger charge is 2.37. The van der Waals surface area contributed by atoms with Crippen LogP contribution in [0.5, 0.6) is 0 Å². The number of nitrogens with one attached hydrogen (secondary N) is 7. The molecule has 72 heavy (non-hydrogen) atoms. The summed E-state index contributed by atoms with van der Waals surface area (Å²) in [6.45, 7) is 33.0. The Kier molecular flexibility index (Phi) is 21.1. The van der Waals surface area contributed by atoms with E-state index in [4.69, 9.17) is 14.6 Å². The monoisotopic (exact) mass is 1070 g/mol. The van der Waals surface area contributed by atoms with E-state index >= 15 is 0 Å². The molecule has 9 N–H and O–H groups in total. The van der Waals surface area contributed by atoms with Gasteiger partial charge in [-0.3, -0.25) is 23.8 Å². The first kappa shape index (κ1) is 60.8. The molecule has 0 saturated carbocycles. The van der Waals surface area contributed by atoms with E-state index in [-0.39, 0.29) is 37.6 Å². The number of sulfonamides is 2. The van der Waals surface area contributed by atoms with E-state index in [9.17, 15) is 31.2 Å². The fourth-order valence-electron chi connectivity index (χ4n) is 5.91. The molecular formula is C51H80N8O9S2Si2. The molecule has 0 radical (unpaired) electrons. The number of nitrogen functional groups attached to an aromatic ring is 1. The maximum Gasteiger partial charge on any atom is 0.261 e. The predicted molar refractivity (Wildman–Crippen MR) is 301 cm³/mol.